The minimum absolute atomic E-state index is 0.0201. The van der Waals surface area contributed by atoms with Crippen molar-refractivity contribution in [2.24, 2.45) is 0 Å². The molecule has 23 heavy (non-hydrogen) atoms. The molecule has 0 aromatic carbocycles. The van der Waals surface area contributed by atoms with Crippen molar-refractivity contribution in [1.29, 1.82) is 5.26 Å². The highest BCUT2D eigenvalue weighted by atomic mass is 32.1. The first kappa shape index (κ1) is 16.5. The molecule has 1 fully saturated rings. The van der Waals surface area contributed by atoms with Crippen molar-refractivity contribution in [3.05, 3.63) is 16.0 Å². The number of amides is 1. The van der Waals surface area contributed by atoms with Gasteiger partial charge in [0.25, 0.3) is 0 Å². The smallest absolute Gasteiger partial charge is 0.239 e. The summed E-state index contributed by atoms with van der Waals surface area (Å²) in [5, 5.41) is 13.3. The van der Waals surface area contributed by atoms with Crippen LogP contribution >= 0.6 is 11.3 Å². The fraction of sp³-hybridized carbons (Fsp3) is 0.667. The summed E-state index contributed by atoms with van der Waals surface area (Å²) in [7, 11) is 0. The number of likely N-dealkylation sites (tertiary alicyclic amines) is 1. The minimum atomic E-state index is 0.0201. The lowest BCUT2D eigenvalue weighted by molar-refractivity contribution is -0.118. The molecule has 2 heterocycles. The van der Waals surface area contributed by atoms with Gasteiger partial charge in [0, 0.05) is 10.9 Å². The van der Waals surface area contributed by atoms with Crippen LogP contribution in [0.1, 0.15) is 61.5 Å². The first-order valence-electron chi connectivity index (χ1n) is 8.77. The van der Waals surface area contributed by atoms with Crippen molar-refractivity contribution in [1.82, 2.24) is 4.90 Å². The van der Waals surface area contributed by atoms with Gasteiger partial charge in [0.05, 0.1) is 12.1 Å². The van der Waals surface area contributed by atoms with Gasteiger partial charge in [0.1, 0.15) is 11.1 Å². The zero-order valence-corrected chi connectivity index (χ0v) is 14.7. The number of nitrogens with one attached hydrogen (secondary N) is 1. The Morgan fingerprint density at radius 3 is 2.91 bits per heavy atom. The Bertz CT molecular complexity index is 617. The molecule has 0 unspecified atom stereocenters. The van der Waals surface area contributed by atoms with Crippen molar-refractivity contribution in [3.63, 3.8) is 0 Å². The third kappa shape index (κ3) is 3.76. The lowest BCUT2D eigenvalue weighted by Crippen LogP contribution is -2.42. The molecule has 0 saturated carbocycles. The predicted molar refractivity (Wildman–Crippen MR) is 93.8 cm³/mol. The summed E-state index contributed by atoms with van der Waals surface area (Å²) < 4.78 is 0. The first-order valence-corrected chi connectivity index (χ1v) is 9.59. The Kier molecular flexibility index (Phi) is 5.34. The predicted octanol–water partition coefficient (Wildman–Crippen LogP) is 3.70. The van der Waals surface area contributed by atoms with E-state index in [1.165, 1.54) is 42.5 Å². The zero-order valence-electron chi connectivity index (χ0n) is 13.9. The van der Waals surface area contributed by atoms with Crippen molar-refractivity contribution >= 4 is 22.2 Å². The van der Waals surface area contributed by atoms with E-state index in [-0.39, 0.29) is 5.91 Å². The molecular weight excluding hydrogens is 306 g/mol. The number of carbonyl (C=O) groups excluding carboxylic acids is 1. The molecule has 1 saturated heterocycles. The molecular formula is C18H25N3OS. The van der Waals surface area contributed by atoms with Gasteiger partial charge in [-0.25, -0.2) is 0 Å². The molecule has 5 heteroatoms. The number of rotatable bonds is 3. The van der Waals surface area contributed by atoms with Crippen LogP contribution in [0.3, 0.4) is 0 Å². The summed E-state index contributed by atoms with van der Waals surface area (Å²) in [6, 6.07) is 2.81. The van der Waals surface area contributed by atoms with Crippen molar-refractivity contribution in [2.45, 2.75) is 64.3 Å². The highest BCUT2D eigenvalue weighted by Gasteiger charge is 2.23. The van der Waals surface area contributed by atoms with Crippen LogP contribution in [-0.2, 0) is 17.6 Å². The van der Waals surface area contributed by atoms with Crippen LogP contribution in [0.15, 0.2) is 0 Å². The molecule has 4 nitrogen and oxygen atoms in total. The monoisotopic (exact) mass is 331 g/mol. The number of piperidine rings is 1. The molecule has 0 radical (unpaired) electrons. The molecule has 1 aliphatic carbocycles. The van der Waals surface area contributed by atoms with E-state index >= 15 is 0 Å². The number of nitrogens with zero attached hydrogens (tertiary/aromatic N) is 2. The molecule has 1 amide bonds. The second-order valence-electron chi connectivity index (χ2n) is 6.74. The van der Waals surface area contributed by atoms with Gasteiger partial charge in [-0.1, -0.05) is 12.8 Å². The molecule has 0 spiro atoms. The van der Waals surface area contributed by atoms with Gasteiger partial charge >= 0.3 is 0 Å². The molecule has 0 bridgehead atoms. The summed E-state index contributed by atoms with van der Waals surface area (Å²) in [5.41, 5.74) is 1.91. The van der Waals surface area contributed by atoms with Gasteiger partial charge in [0.2, 0.25) is 5.91 Å². The van der Waals surface area contributed by atoms with Crippen LogP contribution in [0.2, 0.25) is 0 Å². The SMILES string of the molecule is C[C@@H]1CCCCN1CC(=O)Nc1sc2c(c1C#N)CCCCC2. The third-order valence-electron chi connectivity index (χ3n) is 5.07. The fourth-order valence-corrected chi connectivity index (χ4v) is 4.95. The molecule has 2 aliphatic rings. The standard InChI is InChI=1S/C18H25N3OS/c1-13-7-5-6-10-21(13)12-17(22)20-18-15(11-19)14-8-3-2-4-9-16(14)23-18/h13H,2-10,12H2,1H3,(H,20,22)/t13-/m1/s1. The first-order chi connectivity index (χ1) is 11.2. The number of anilines is 1. The zero-order chi connectivity index (χ0) is 16.2. The third-order valence-corrected chi connectivity index (χ3v) is 6.28. The van der Waals surface area contributed by atoms with E-state index in [0.29, 0.717) is 18.2 Å². The molecule has 1 aliphatic heterocycles. The van der Waals surface area contributed by atoms with Crippen molar-refractivity contribution in [3.8, 4) is 6.07 Å². The number of hydrogen-bond acceptors (Lipinski definition) is 4. The van der Waals surface area contributed by atoms with Crippen LogP contribution in [0.25, 0.3) is 0 Å². The summed E-state index contributed by atoms with van der Waals surface area (Å²) in [6.45, 7) is 3.63. The van der Waals surface area contributed by atoms with E-state index in [1.807, 2.05) is 0 Å². The lowest BCUT2D eigenvalue weighted by atomic mass is 10.0. The second kappa shape index (κ2) is 7.46. The molecule has 1 atom stereocenters. The Hall–Kier alpha value is -1.38. The van der Waals surface area contributed by atoms with E-state index in [4.69, 9.17) is 0 Å². The summed E-state index contributed by atoms with van der Waals surface area (Å²) in [6.07, 6.45) is 9.21. The van der Waals surface area contributed by atoms with Gasteiger partial charge in [-0.15, -0.1) is 11.3 Å². The van der Waals surface area contributed by atoms with E-state index in [0.717, 1.165) is 30.8 Å². The number of aryl methyl sites for hydroxylation is 1. The molecule has 1 N–H and O–H groups in total. The quantitative estimate of drug-likeness (QED) is 0.859. The van der Waals surface area contributed by atoms with Gasteiger partial charge in [-0.2, -0.15) is 5.26 Å². The van der Waals surface area contributed by atoms with E-state index < -0.39 is 0 Å². The number of hydrogen-bond donors (Lipinski definition) is 1. The normalized spacial score (nSPS) is 22.0. The Labute approximate surface area is 142 Å². The van der Waals surface area contributed by atoms with Gasteiger partial charge in [-0.05, 0) is 57.6 Å². The van der Waals surface area contributed by atoms with E-state index in [9.17, 15) is 10.1 Å². The molecule has 3 rings (SSSR count). The maximum atomic E-state index is 12.4. The fourth-order valence-electron chi connectivity index (χ4n) is 3.69. The summed E-state index contributed by atoms with van der Waals surface area (Å²) in [5.74, 6) is 0.0201. The highest BCUT2D eigenvalue weighted by Crippen LogP contribution is 2.37. The maximum absolute atomic E-state index is 12.4. The van der Waals surface area contributed by atoms with Crippen LogP contribution in [0.4, 0.5) is 5.00 Å². The van der Waals surface area contributed by atoms with Crippen LogP contribution in [-0.4, -0.2) is 29.9 Å². The van der Waals surface area contributed by atoms with Crippen LogP contribution in [0, 0.1) is 11.3 Å². The van der Waals surface area contributed by atoms with Gasteiger partial charge in [0.15, 0.2) is 0 Å². The van der Waals surface area contributed by atoms with E-state index in [2.05, 4.69) is 23.2 Å². The van der Waals surface area contributed by atoms with Crippen molar-refractivity contribution < 1.29 is 4.79 Å². The number of fused-ring (bicyclic) bond motifs is 1. The topological polar surface area (TPSA) is 56.1 Å². The highest BCUT2D eigenvalue weighted by molar-refractivity contribution is 7.16. The van der Waals surface area contributed by atoms with Gasteiger partial charge in [-0.3, -0.25) is 9.69 Å². The van der Waals surface area contributed by atoms with Gasteiger partial charge < -0.3 is 5.32 Å². The Morgan fingerprint density at radius 2 is 2.13 bits per heavy atom. The minimum Gasteiger partial charge on any atom is -0.315 e. The molecule has 1 aromatic heterocycles. The average Bonchev–Trinajstić information content (AvgIpc) is 2.69. The Morgan fingerprint density at radius 1 is 1.30 bits per heavy atom. The van der Waals surface area contributed by atoms with Crippen LogP contribution in [0.5, 0.6) is 0 Å². The maximum Gasteiger partial charge on any atom is 0.239 e. The summed E-state index contributed by atoms with van der Waals surface area (Å²) >= 11 is 1.62. The van der Waals surface area contributed by atoms with Crippen LogP contribution < -0.4 is 5.32 Å². The number of nitriles is 1. The molecule has 1 aromatic rings. The largest absolute Gasteiger partial charge is 0.315 e. The lowest BCUT2D eigenvalue weighted by Gasteiger charge is -2.32. The molecule has 124 valence electrons. The second-order valence-corrected chi connectivity index (χ2v) is 7.85. The summed E-state index contributed by atoms with van der Waals surface area (Å²) in [4.78, 5) is 16.0. The van der Waals surface area contributed by atoms with E-state index in [1.54, 1.807) is 11.3 Å². The Balaban J connectivity index is 1.70. The van der Waals surface area contributed by atoms with Crippen molar-refractivity contribution in [2.75, 3.05) is 18.4 Å². The number of carbonyl (C=O) groups is 1. The average molecular weight is 331 g/mol. The number of thiophene rings is 1.